The first kappa shape index (κ1) is 17.6. The van der Waals surface area contributed by atoms with E-state index in [1.165, 1.54) is 4.88 Å². The zero-order valence-corrected chi connectivity index (χ0v) is 15.3. The number of nitrogens with zero attached hydrogens (tertiary/aromatic N) is 2. The molecule has 1 fully saturated rings. The molecule has 1 aliphatic heterocycles. The van der Waals surface area contributed by atoms with Crippen LogP contribution < -0.4 is 10.2 Å². The van der Waals surface area contributed by atoms with Crippen molar-refractivity contribution in [3.63, 3.8) is 0 Å². The molecule has 1 aromatic carbocycles. The number of rotatable bonds is 6. The SMILES string of the molecule is CN(C)C(CNC(=O)C1CCC(=O)N1c1ccccc1)c1cccs1. The topological polar surface area (TPSA) is 52.7 Å². The third-order valence-corrected chi connectivity index (χ3v) is 5.49. The summed E-state index contributed by atoms with van der Waals surface area (Å²) in [5.41, 5.74) is 0.785. The maximum atomic E-state index is 12.8. The van der Waals surface area contributed by atoms with Crippen LogP contribution in [0.1, 0.15) is 23.8 Å². The summed E-state index contributed by atoms with van der Waals surface area (Å²) in [5, 5.41) is 5.09. The Labute approximate surface area is 152 Å². The highest BCUT2D eigenvalue weighted by Gasteiger charge is 2.37. The van der Waals surface area contributed by atoms with Gasteiger partial charge < -0.3 is 10.2 Å². The Balaban J connectivity index is 1.69. The average molecular weight is 357 g/mol. The Kier molecular flexibility index (Phi) is 5.50. The van der Waals surface area contributed by atoms with E-state index in [-0.39, 0.29) is 17.9 Å². The summed E-state index contributed by atoms with van der Waals surface area (Å²) in [6.45, 7) is 0.527. The van der Waals surface area contributed by atoms with E-state index in [1.807, 2.05) is 55.9 Å². The van der Waals surface area contributed by atoms with Crippen molar-refractivity contribution < 1.29 is 9.59 Å². The quantitative estimate of drug-likeness (QED) is 0.865. The van der Waals surface area contributed by atoms with Crippen LogP contribution in [0, 0.1) is 0 Å². The van der Waals surface area contributed by atoms with Crippen molar-refractivity contribution in [2.75, 3.05) is 25.5 Å². The average Bonchev–Trinajstić information content (AvgIpc) is 3.25. The highest BCUT2D eigenvalue weighted by Crippen LogP contribution is 2.27. The molecule has 2 unspecified atom stereocenters. The van der Waals surface area contributed by atoms with Crippen LogP contribution >= 0.6 is 11.3 Å². The van der Waals surface area contributed by atoms with Gasteiger partial charge in [-0.05, 0) is 44.1 Å². The summed E-state index contributed by atoms with van der Waals surface area (Å²) in [4.78, 5) is 30.0. The third-order valence-electron chi connectivity index (χ3n) is 4.51. The zero-order chi connectivity index (χ0) is 17.8. The van der Waals surface area contributed by atoms with Crippen molar-refractivity contribution in [1.29, 1.82) is 0 Å². The van der Waals surface area contributed by atoms with Gasteiger partial charge in [0.15, 0.2) is 0 Å². The van der Waals surface area contributed by atoms with Gasteiger partial charge in [-0.1, -0.05) is 24.3 Å². The second kappa shape index (κ2) is 7.80. The molecule has 3 rings (SSSR count). The van der Waals surface area contributed by atoms with E-state index < -0.39 is 6.04 Å². The van der Waals surface area contributed by atoms with Crippen LogP contribution in [0.25, 0.3) is 0 Å². The molecule has 0 radical (unpaired) electrons. The van der Waals surface area contributed by atoms with Crippen molar-refractivity contribution in [3.8, 4) is 0 Å². The van der Waals surface area contributed by atoms with E-state index in [2.05, 4.69) is 16.3 Å². The van der Waals surface area contributed by atoms with E-state index in [9.17, 15) is 9.59 Å². The van der Waals surface area contributed by atoms with Gasteiger partial charge in [-0.3, -0.25) is 14.5 Å². The summed E-state index contributed by atoms with van der Waals surface area (Å²) in [6.07, 6.45) is 0.972. The predicted molar refractivity (Wildman–Crippen MR) is 101 cm³/mol. The number of thiophene rings is 1. The van der Waals surface area contributed by atoms with Gasteiger partial charge in [0.25, 0.3) is 0 Å². The van der Waals surface area contributed by atoms with Gasteiger partial charge in [0.2, 0.25) is 11.8 Å². The molecular formula is C19H23N3O2S. The molecular weight excluding hydrogens is 334 g/mol. The van der Waals surface area contributed by atoms with Gasteiger partial charge in [0, 0.05) is 23.5 Å². The highest BCUT2D eigenvalue weighted by molar-refractivity contribution is 7.10. The zero-order valence-electron chi connectivity index (χ0n) is 14.5. The number of nitrogens with one attached hydrogen (secondary N) is 1. The summed E-state index contributed by atoms with van der Waals surface area (Å²) in [5.74, 6) is -0.0770. The number of likely N-dealkylation sites (N-methyl/N-ethyl adjacent to an activating group) is 1. The number of anilines is 1. The van der Waals surface area contributed by atoms with Crippen LogP contribution in [-0.4, -0.2) is 43.4 Å². The molecule has 1 N–H and O–H groups in total. The second-order valence-electron chi connectivity index (χ2n) is 6.39. The predicted octanol–water partition coefficient (Wildman–Crippen LogP) is 2.66. The molecule has 0 bridgehead atoms. The Hall–Kier alpha value is -2.18. The maximum absolute atomic E-state index is 12.8. The van der Waals surface area contributed by atoms with Crippen LogP contribution in [0.15, 0.2) is 47.8 Å². The first-order valence-corrected chi connectivity index (χ1v) is 9.30. The van der Waals surface area contributed by atoms with Crippen LogP contribution in [0.4, 0.5) is 5.69 Å². The van der Waals surface area contributed by atoms with E-state index >= 15 is 0 Å². The number of benzene rings is 1. The number of para-hydroxylation sites is 1. The Morgan fingerprint density at radius 3 is 2.68 bits per heavy atom. The van der Waals surface area contributed by atoms with Crippen molar-refractivity contribution in [3.05, 3.63) is 52.7 Å². The summed E-state index contributed by atoms with van der Waals surface area (Å²) < 4.78 is 0. The molecule has 25 heavy (non-hydrogen) atoms. The lowest BCUT2D eigenvalue weighted by Gasteiger charge is -2.27. The van der Waals surface area contributed by atoms with Gasteiger partial charge in [-0.25, -0.2) is 0 Å². The largest absolute Gasteiger partial charge is 0.352 e. The van der Waals surface area contributed by atoms with Gasteiger partial charge in [0.05, 0.1) is 6.04 Å². The van der Waals surface area contributed by atoms with Crippen LogP contribution in [0.2, 0.25) is 0 Å². The van der Waals surface area contributed by atoms with Crippen molar-refractivity contribution in [2.45, 2.75) is 24.9 Å². The summed E-state index contributed by atoms with van der Waals surface area (Å²) in [6, 6.07) is 13.2. The van der Waals surface area contributed by atoms with Gasteiger partial charge in [-0.15, -0.1) is 11.3 Å². The molecule has 1 aliphatic rings. The Bertz CT molecular complexity index is 716. The van der Waals surface area contributed by atoms with Crippen LogP contribution in [-0.2, 0) is 9.59 Å². The molecule has 2 atom stereocenters. The van der Waals surface area contributed by atoms with Gasteiger partial charge in [0.1, 0.15) is 6.04 Å². The molecule has 2 amide bonds. The van der Waals surface area contributed by atoms with Crippen LogP contribution in [0.3, 0.4) is 0 Å². The second-order valence-corrected chi connectivity index (χ2v) is 7.37. The highest BCUT2D eigenvalue weighted by atomic mass is 32.1. The molecule has 1 aromatic heterocycles. The molecule has 5 nitrogen and oxygen atoms in total. The van der Waals surface area contributed by atoms with E-state index in [0.717, 1.165) is 5.69 Å². The Morgan fingerprint density at radius 1 is 1.28 bits per heavy atom. The first-order valence-electron chi connectivity index (χ1n) is 8.42. The minimum absolute atomic E-state index is 0.00812. The lowest BCUT2D eigenvalue weighted by molar-refractivity contribution is -0.124. The maximum Gasteiger partial charge on any atom is 0.243 e. The molecule has 0 saturated carbocycles. The van der Waals surface area contributed by atoms with Gasteiger partial charge >= 0.3 is 0 Å². The summed E-state index contributed by atoms with van der Waals surface area (Å²) >= 11 is 1.68. The van der Waals surface area contributed by atoms with E-state index in [4.69, 9.17) is 0 Å². The van der Waals surface area contributed by atoms with Crippen molar-refractivity contribution in [2.24, 2.45) is 0 Å². The normalized spacial score (nSPS) is 18.6. The minimum atomic E-state index is -0.430. The van der Waals surface area contributed by atoms with E-state index in [1.54, 1.807) is 16.2 Å². The number of amides is 2. The molecule has 0 spiro atoms. The number of hydrogen-bond acceptors (Lipinski definition) is 4. The molecule has 0 aliphatic carbocycles. The lowest BCUT2D eigenvalue weighted by Crippen LogP contribution is -2.46. The monoisotopic (exact) mass is 357 g/mol. The molecule has 132 valence electrons. The van der Waals surface area contributed by atoms with E-state index in [0.29, 0.717) is 19.4 Å². The fourth-order valence-electron chi connectivity index (χ4n) is 3.18. The fraction of sp³-hybridized carbons (Fsp3) is 0.368. The minimum Gasteiger partial charge on any atom is -0.352 e. The smallest absolute Gasteiger partial charge is 0.243 e. The third kappa shape index (κ3) is 3.91. The number of hydrogen-bond donors (Lipinski definition) is 1. The summed E-state index contributed by atoms with van der Waals surface area (Å²) in [7, 11) is 4.01. The molecule has 6 heteroatoms. The van der Waals surface area contributed by atoms with Crippen LogP contribution in [0.5, 0.6) is 0 Å². The van der Waals surface area contributed by atoms with Gasteiger partial charge in [-0.2, -0.15) is 0 Å². The lowest BCUT2D eigenvalue weighted by atomic mass is 10.1. The van der Waals surface area contributed by atoms with Crippen molar-refractivity contribution in [1.82, 2.24) is 10.2 Å². The standard InChI is InChI=1S/C19H23N3O2S/c1-21(2)16(17-9-6-12-25-17)13-20-19(24)15-10-11-18(23)22(15)14-7-4-3-5-8-14/h3-9,12,15-16H,10-11,13H2,1-2H3,(H,20,24). The Morgan fingerprint density at radius 2 is 2.04 bits per heavy atom. The molecule has 1 saturated heterocycles. The fourth-order valence-corrected chi connectivity index (χ4v) is 4.10. The van der Waals surface area contributed by atoms with Crippen molar-refractivity contribution >= 4 is 28.8 Å². The molecule has 2 heterocycles. The molecule has 2 aromatic rings. The number of carbonyl (C=O) groups is 2. The first-order chi connectivity index (χ1) is 12.1. The number of carbonyl (C=O) groups excluding carboxylic acids is 2.